The average Bonchev–Trinajstić information content (AvgIpc) is 3.23. The third-order valence-electron chi connectivity index (χ3n) is 3.86. The normalized spacial score (nSPS) is 17.2. The minimum Gasteiger partial charge on any atom is -0.477 e. The lowest BCUT2D eigenvalue weighted by Crippen LogP contribution is -2.34. The maximum atomic E-state index is 12.4. The first-order valence-corrected chi connectivity index (χ1v) is 8.24. The molecule has 120 valence electrons. The summed E-state index contributed by atoms with van der Waals surface area (Å²) in [5.41, 5.74) is -0.128. The fourth-order valence-electron chi connectivity index (χ4n) is 2.79. The monoisotopic (exact) mass is 332 g/mol. The molecular formula is C16H16N2O4S. The summed E-state index contributed by atoms with van der Waals surface area (Å²) < 4.78 is 5.41. The van der Waals surface area contributed by atoms with E-state index in [4.69, 9.17) is 4.74 Å². The van der Waals surface area contributed by atoms with E-state index in [1.807, 2.05) is 17.5 Å². The Labute approximate surface area is 137 Å². The zero-order valence-corrected chi connectivity index (χ0v) is 13.2. The number of para-hydroxylation sites is 2. The molecule has 7 heteroatoms. The van der Waals surface area contributed by atoms with E-state index in [1.165, 1.54) is 17.0 Å². The van der Waals surface area contributed by atoms with E-state index in [9.17, 15) is 14.9 Å². The Morgan fingerprint density at radius 1 is 1.35 bits per heavy atom. The predicted octanol–water partition coefficient (Wildman–Crippen LogP) is 3.40. The highest BCUT2D eigenvalue weighted by Gasteiger charge is 2.31. The molecule has 0 N–H and O–H groups in total. The molecule has 1 aliphatic heterocycles. The lowest BCUT2D eigenvalue weighted by Gasteiger charge is -2.23. The van der Waals surface area contributed by atoms with Gasteiger partial charge in [0, 0.05) is 17.5 Å². The molecule has 2 aromatic rings. The van der Waals surface area contributed by atoms with Crippen molar-refractivity contribution in [2.45, 2.75) is 18.9 Å². The molecule has 1 saturated heterocycles. The number of thiophene rings is 1. The van der Waals surface area contributed by atoms with Crippen LogP contribution in [-0.2, 0) is 4.79 Å². The minimum absolute atomic E-state index is 0.0943. The molecule has 1 aromatic carbocycles. The van der Waals surface area contributed by atoms with Crippen molar-refractivity contribution in [3.63, 3.8) is 0 Å². The maximum Gasteiger partial charge on any atom is 0.310 e. The number of likely N-dealkylation sites (tertiary alicyclic amines) is 1. The van der Waals surface area contributed by atoms with Gasteiger partial charge in [-0.25, -0.2) is 0 Å². The van der Waals surface area contributed by atoms with Crippen LogP contribution in [0.2, 0.25) is 0 Å². The van der Waals surface area contributed by atoms with Gasteiger partial charge in [-0.1, -0.05) is 18.2 Å². The SMILES string of the molecule is O=C(COc1ccccc1[N+](=O)[O-])N1CCC[C@H]1c1cccs1. The quantitative estimate of drug-likeness (QED) is 0.621. The fraction of sp³-hybridized carbons (Fsp3) is 0.312. The number of nitro groups is 1. The van der Waals surface area contributed by atoms with Gasteiger partial charge in [-0.15, -0.1) is 11.3 Å². The van der Waals surface area contributed by atoms with Crippen molar-refractivity contribution in [3.8, 4) is 5.75 Å². The average molecular weight is 332 g/mol. The maximum absolute atomic E-state index is 12.4. The van der Waals surface area contributed by atoms with Crippen molar-refractivity contribution in [1.29, 1.82) is 0 Å². The fourth-order valence-corrected chi connectivity index (χ4v) is 3.67. The Morgan fingerprint density at radius 3 is 2.91 bits per heavy atom. The number of hydrogen-bond donors (Lipinski definition) is 0. The molecule has 0 spiro atoms. The second-order valence-electron chi connectivity index (χ2n) is 5.27. The van der Waals surface area contributed by atoms with Gasteiger partial charge in [-0.2, -0.15) is 0 Å². The van der Waals surface area contributed by atoms with E-state index in [2.05, 4.69) is 0 Å². The summed E-state index contributed by atoms with van der Waals surface area (Å²) in [7, 11) is 0. The largest absolute Gasteiger partial charge is 0.477 e. The third-order valence-corrected chi connectivity index (χ3v) is 4.83. The van der Waals surface area contributed by atoms with Gasteiger partial charge in [-0.3, -0.25) is 14.9 Å². The van der Waals surface area contributed by atoms with Gasteiger partial charge in [0.05, 0.1) is 11.0 Å². The van der Waals surface area contributed by atoms with Gasteiger partial charge in [0.1, 0.15) is 0 Å². The molecule has 23 heavy (non-hydrogen) atoms. The van der Waals surface area contributed by atoms with E-state index >= 15 is 0 Å². The van der Waals surface area contributed by atoms with Gasteiger partial charge in [0.2, 0.25) is 0 Å². The van der Waals surface area contributed by atoms with E-state index in [1.54, 1.807) is 28.4 Å². The molecule has 1 atom stereocenters. The number of amides is 1. The molecule has 0 bridgehead atoms. The second kappa shape index (κ2) is 6.78. The third kappa shape index (κ3) is 3.34. The lowest BCUT2D eigenvalue weighted by atomic mass is 10.2. The number of carbonyl (C=O) groups excluding carboxylic acids is 1. The Kier molecular flexibility index (Phi) is 4.57. The number of ether oxygens (including phenoxy) is 1. The molecule has 0 radical (unpaired) electrons. The number of nitro benzene ring substituents is 1. The molecule has 0 unspecified atom stereocenters. The summed E-state index contributed by atoms with van der Waals surface area (Å²) in [4.78, 5) is 25.9. The van der Waals surface area contributed by atoms with Crippen LogP contribution in [0.3, 0.4) is 0 Å². The van der Waals surface area contributed by atoms with Gasteiger partial charge in [0.25, 0.3) is 5.91 Å². The first kappa shape index (κ1) is 15.5. The molecule has 0 saturated carbocycles. The summed E-state index contributed by atoms with van der Waals surface area (Å²) in [5.74, 6) is -0.0169. The zero-order valence-electron chi connectivity index (χ0n) is 12.4. The van der Waals surface area contributed by atoms with Crippen LogP contribution in [-0.4, -0.2) is 28.9 Å². The topological polar surface area (TPSA) is 72.7 Å². The molecule has 1 fully saturated rings. The highest BCUT2D eigenvalue weighted by Crippen LogP contribution is 2.34. The van der Waals surface area contributed by atoms with Gasteiger partial charge in [-0.05, 0) is 30.4 Å². The Balaban J connectivity index is 1.67. The summed E-state index contributed by atoms with van der Waals surface area (Å²) in [6, 6.07) is 10.2. The summed E-state index contributed by atoms with van der Waals surface area (Å²) >= 11 is 1.64. The Bertz CT molecular complexity index is 702. The van der Waals surface area contributed by atoms with Gasteiger partial charge < -0.3 is 9.64 Å². The number of hydrogen-bond acceptors (Lipinski definition) is 5. The first-order chi connectivity index (χ1) is 11.2. The van der Waals surface area contributed by atoms with Crippen LogP contribution in [0.15, 0.2) is 41.8 Å². The van der Waals surface area contributed by atoms with Crippen molar-refractivity contribution < 1.29 is 14.5 Å². The summed E-state index contributed by atoms with van der Waals surface area (Å²) in [5, 5.41) is 13.0. The van der Waals surface area contributed by atoms with Crippen LogP contribution in [0.5, 0.6) is 5.75 Å². The van der Waals surface area contributed by atoms with Crippen LogP contribution < -0.4 is 4.74 Å². The van der Waals surface area contributed by atoms with E-state index in [0.717, 1.165) is 12.8 Å². The van der Waals surface area contributed by atoms with Crippen molar-refractivity contribution >= 4 is 22.9 Å². The van der Waals surface area contributed by atoms with Gasteiger partial charge in [0.15, 0.2) is 12.4 Å². The molecule has 1 aliphatic rings. The van der Waals surface area contributed by atoms with Gasteiger partial charge >= 0.3 is 5.69 Å². The van der Waals surface area contributed by atoms with Crippen molar-refractivity contribution in [1.82, 2.24) is 4.90 Å². The van der Waals surface area contributed by atoms with Crippen LogP contribution >= 0.6 is 11.3 Å². The van der Waals surface area contributed by atoms with E-state index in [-0.39, 0.29) is 30.0 Å². The molecule has 2 heterocycles. The number of rotatable bonds is 5. The predicted molar refractivity (Wildman–Crippen MR) is 86.6 cm³/mol. The molecule has 6 nitrogen and oxygen atoms in total. The van der Waals surface area contributed by atoms with Crippen molar-refractivity contribution in [2.75, 3.05) is 13.2 Å². The minimum atomic E-state index is -0.510. The van der Waals surface area contributed by atoms with Crippen molar-refractivity contribution in [2.24, 2.45) is 0 Å². The highest BCUT2D eigenvalue weighted by molar-refractivity contribution is 7.10. The first-order valence-electron chi connectivity index (χ1n) is 7.36. The van der Waals surface area contributed by atoms with Crippen LogP contribution in [0.1, 0.15) is 23.8 Å². The standard InChI is InChI=1S/C16H16N2O4S/c19-16(11-22-14-7-2-1-5-12(14)18(20)21)17-9-3-6-13(17)15-8-4-10-23-15/h1-2,4-5,7-8,10,13H,3,6,9,11H2/t13-/m0/s1. The smallest absolute Gasteiger partial charge is 0.310 e. The summed E-state index contributed by atoms with van der Waals surface area (Å²) in [6.07, 6.45) is 1.90. The lowest BCUT2D eigenvalue weighted by molar-refractivity contribution is -0.385. The molecule has 3 rings (SSSR count). The Morgan fingerprint density at radius 2 is 2.17 bits per heavy atom. The van der Waals surface area contributed by atoms with E-state index < -0.39 is 4.92 Å². The highest BCUT2D eigenvalue weighted by atomic mass is 32.1. The zero-order chi connectivity index (χ0) is 16.2. The number of carbonyl (C=O) groups is 1. The molecule has 1 amide bonds. The van der Waals surface area contributed by atoms with Crippen LogP contribution in [0.25, 0.3) is 0 Å². The van der Waals surface area contributed by atoms with E-state index in [0.29, 0.717) is 6.54 Å². The van der Waals surface area contributed by atoms with Crippen LogP contribution in [0, 0.1) is 10.1 Å². The second-order valence-corrected chi connectivity index (χ2v) is 6.25. The molecule has 0 aliphatic carbocycles. The molecular weight excluding hydrogens is 316 g/mol. The number of nitrogens with zero attached hydrogens (tertiary/aromatic N) is 2. The molecule has 1 aromatic heterocycles. The van der Waals surface area contributed by atoms with Crippen molar-refractivity contribution in [3.05, 3.63) is 56.8 Å². The number of benzene rings is 1. The summed E-state index contributed by atoms with van der Waals surface area (Å²) in [6.45, 7) is 0.508. The van der Waals surface area contributed by atoms with Crippen LogP contribution in [0.4, 0.5) is 5.69 Å². The Hall–Kier alpha value is -2.41.